The zero-order valence-corrected chi connectivity index (χ0v) is 12.3. The van der Waals surface area contributed by atoms with Crippen LogP contribution in [-0.2, 0) is 9.59 Å². The van der Waals surface area contributed by atoms with Crippen molar-refractivity contribution in [1.29, 1.82) is 0 Å². The van der Waals surface area contributed by atoms with Gasteiger partial charge in [-0.1, -0.05) is 30.3 Å². The van der Waals surface area contributed by atoms with Crippen LogP contribution in [0, 0.1) is 5.92 Å². The maximum atomic E-state index is 12.4. The molecule has 1 fully saturated rings. The number of benzene rings is 1. The summed E-state index contributed by atoms with van der Waals surface area (Å²) in [5.74, 6) is -0.0387. The molecule has 0 aliphatic carbocycles. The SMILES string of the molecule is CC(C)NC(=O)[C@@H]1CCC(=O)N(C)[C@H]1c1ccccc1. The molecular weight excluding hydrogens is 252 g/mol. The minimum Gasteiger partial charge on any atom is -0.354 e. The summed E-state index contributed by atoms with van der Waals surface area (Å²) < 4.78 is 0. The zero-order valence-electron chi connectivity index (χ0n) is 12.3. The van der Waals surface area contributed by atoms with Gasteiger partial charge >= 0.3 is 0 Å². The molecule has 20 heavy (non-hydrogen) atoms. The van der Waals surface area contributed by atoms with Gasteiger partial charge in [-0.05, 0) is 25.8 Å². The summed E-state index contributed by atoms with van der Waals surface area (Å²) in [5.41, 5.74) is 1.02. The summed E-state index contributed by atoms with van der Waals surface area (Å²) in [7, 11) is 1.79. The molecule has 2 rings (SSSR count). The Labute approximate surface area is 120 Å². The van der Waals surface area contributed by atoms with E-state index >= 15 is 0 Å². The fourth-order valence-corrected chi connectivity index (χ4v) is 2.81. The van der Waals surface area contributed by atoms with E-state index in [0.717, 1.165) is 5.56 Å². The highest BCUT2D eigenvalue weighted by atomic mass is 16.2. The first-order chi connectivity index (χ1) is 9.50. The molecule has 1 heterocycles. The quantitative estimate of drug-likeness (QED) is 0.918. The number of carbonyl (C=O) groups is 2. The Kier molecular flexibility index (Phi) is 4.42. The Bertz CT molecular complexity index is 485. The zero-order chi connectivity index (χ0) is 14.7. The molecule has 1 aliphatic heterocycles. The Morgan fingerprint density at radius 2 is 1.95 bits per heavy atom. The van der Waals surface area contributed by atoms with Gasteiger partial charge in [-0.3, -0.25) is 9.59 Å². The van der Waals surface area contributed by atoms with Crippen LogP contribution in [0.1, 0.15) is 38.3 Å². The Hall–Kier alpha value is -1.84. The van der Waals surface area contributed by atoms with Crippen LogP contribution in [0.25, 0.3) is 0 Å². The van der Waals surface area contributed by atoms with Crippen molar-refractivity contribution in [3.8, 4) is 0 Å². The van der Waals surface area contributed by atoms with Gasteiger partial charge in [0.25, 0.3) is 0 Å². The van der Waals surface area contributed by atoms with Crippen LogP contribution in [0.2, 0.25) is 0 Å². The minimum absolute atomic E-state index is 0.0354. The molecule has 4 heteroatoms. The van der Waals surface area contributed by atoms with Gasteiger partial charge in [0.15, 0.2) is 0 Å². The molecule has 108 valence electrons. The molecule has 2 atom stereocenters. The van der Waals surface area contributed by atoms with Crippen LogP contribution < -0.4 is 5.32 Å². The molecule has 1 aromatic rings. The van der Waals surface area contributed by atoms with Crippen LogP contribution in [0.3, 0.4) is 0 Å². The van der Waals surface area contributed by atoms with Crippen molar-refractivity contribution in [2.75, 3.05) is 7.05 Å². The van der Waals surface area contributed by atoms with Gasteiger partial charge in [-0.2, -0.15) is 0 Å². The molecule has 1 N–H and O–H groups in total. The molecule has 1 aromatic carbocycles. The fraction of sp³-hybridized carbons (Fsp3) is 0.500. The van der Waals surface area contributed by atoms with Crippen LogP contribution in [0.5, 0.6) is 0 Å². The number of carbonyl (C=O) groups excluding carboxylic acids is 2. The predicted octanol–water partition coefficient (Wildman–Crippen LogP) is 2.12. The molecule has 2 amide bonds. The van der Waals surface area contributed by atoms with Crippen molar-refractivity contribution in [2.24, 2.45) is 5.92 Å². The minimum atomic E-state index is -0.178. The second-order valence-electron chi connectivity index (χ2n) is 5.67. The Balaban J connectivity index is 2.29. The van der Waals surface area contributed by atoms with E-state index in [1.807, 2.05) is 44.2 Å². The van der Waals surface area contributed by atoms with Crippen molar-refractivity contribution in [1.82, 2.24) is 10.2 Å². The molecule has 0 bridgehead atoms. The van der Waals surface area contributed by atoms with E-state index in [1.165, 1.54) is 0 Å². The lowest BCUT2D eigenvalue weighted by Gasteiger charge is -2.38. The third kappa shape index (κ3) is 3.00. The van der Waals surface area contributed by atoms with E-state index in [2.05, 4.69) is 5.32 Å². The lowest BCUT2D eigenvalue weighted by molar-refractivity contribution is -0.141. The third-order valence-electron chi connectivity index (χ3n) is 3.77. The smallest absolute Gasteiger partial charge is 0.225 e. The van der Waals surface area contributed by atoms with Crippen LogP contribution in [0.15, 0.2) is 30.3 Å². The van der Waals surface area contributed by atoms with Crippen molar-refractivity contribution < 1.29 is 9.59 Å². The van der Waals surface area contributed by atoms with Gasteiger partial charge < -0.3 is 10.2 Å². The highest BCUT2D eigenvalue weighted by Gasteiger charge is 2.38. The highest BCUT2D eigenvalue weighted by Crippen LogP contribution is 2.35. The fourth-order valence-electron chi connectivity index (χ4n) is 2.81. The molecule has 0 unspecified atom stereocenters. The first-order valence-electron chi connectivity index (χ1n) is 7.11. The number of piperidine rings is 1. The summed E-state index contributed by atoms with van der Waals surface area (Å²) in [4.78, 5) is 26.1. The van der Waals surface area contributed by atoms with Crippen LogP contribution in [-0.4, -0.2) is 29.8 Å². The number of nitrogens with one attached hydrogen (secondary N) is 1. The predicted molar refractivity (Wildman–Crippen MR) is 78.0 cm³/mol. The maximum Gasteiger partial charge on any atom is 0.225 e. The summed E-state index contributed by atoms with van der Waals surface area (Å²) in [5, 5.41) is 2.97. The van der Waals surface area contributed by atoms with Gasteiger partial charge in [0.05, 0.1) is 12.0 Å². The number of hydrogen-bond acceptors (Lipinski definition) is 2. The average Bonchev–Trinajstić information content (AvgIpc) is 2.41. The van der Waals surface area contributed by atoms with Crippen molar-refractivity contribution >= 4 is 11.8 Å². The molecule has 1 saturated heterocycles. The number of nitrogens with zero attached hydrogens (tertiary/aromatic N) is 1. The number of hydrogen-bond donors (Lipinski definition) is 1. The van der Waals surface area contributed by atoms with Crippen LogP contribution in [0.4, 0.5) is 0 Å². The topological polar surface area (TPSA) is 49.4 Å². The summed E-state index contributed by atoms with van der Waals surface area (Å²) in [6, 6.07) is 9.74. The normalized spacial score (nSPS) is 23.0. The van der Waals surface area contributed by atoms with E-state index < -0.39 is 0 Å². The first-order valence-corrected chi connectivity index (χ1v) is 7.11. The molecule has 0 aromatic heterocycles. The first kappa shape index (κ1) is 14.6. The largest absolute Gasteiger partial charge is 0.354 e. The Morgan fingerprint density at radius 3 is 2.55 bits per heavy atom. The molecular formula is C16H22N2O2. The van der Waals surface area contributed by atoms with E-state index in [9.17, 15) is 9.59 Å². The van der Waals surface area contributed by atoms with E-state index in [1.54, 1.807) is 11.9 Å². The second kappa shape index (κ2) is 6.07. The summed E-state index contributed by atoms with van der Waals surface area (Å²) in [6.45, 7) is 3.90. The molecule has 4 nitrogen and oxygen atoms in total. The lowest BCUT2D eigenvalue weighted by atomic mass is 9.84. The van der Waals surface area contributed by atoms with Crippen LogP contribution >= 0.6 is 0 Å². The molecule has 0 spiro atoms. The molecule has 0 radical (unpaired) electrons. The van der Waals surface area contributed by atoms with Gasteiger partial charge in [0, 0.05) is 19.5 Å². The van der Waals surface area contributed by atoms with E-state index in [0.29, 0.717) is 12.8 Å². The highest BCUT2D eigenvalue weighted by molar-refractivity contribution is 5.85. The van der Waals surface area contributed by atoms with Gasteiger partial charge in [-0.15, -0.1) is 0 Å². The average molecular weight is 274 g/mol. The number of amides is 2. The second-order valence-corrected chi connectivity index (χ2v) is 5.67. The lowest BCUT2D eigenvalue weighted by Crippen LogP contribution is -2.47. The summed E-state index contributed by atoms with van der Waals surface area (Å²) >= 11 is 0. The Morgan fingerprint density at radius 1 is 1.30 bits per heavy atom. The van der Waals surface area contributed by atoms with E-state index in [-0.39, 0.29) is 29.8 Å². The van der Waals surface area contributed by atoms with Crippen molar-refractivity contribution in [3.63, 3.8) is 0 Å². The van der Waals surface area contributed by atoms with Gasteiger partial charge in [0.2, 0.25) is 11.8 Å². The van der Waals surface area contributed by atoms with Gasteiger partial charge in [-0.25, -0.2) is 0 Å². The van der Waals surface area contributed by atoms with Gasteiger partial charge in [0.1, 0.15) is 0 Å². The molecule has 0 saturated carbocycles. The third-order valence-corrected chi connectivity index (χ3v) is 3.77. The standard InChI is InChI=1S/C16H22N2O2/c1-11(2)17-16(20)13-9-10-14(19)18(3)15(13)12-7-5-4-6-8-12/h4-8,11,13,15H,9-10H2,1-3H3,(H,17,20)/t13-,15+/m1/s1. The summed E-state index contributed by atoms with van der Waals surface area (Å²) in [6.07, 6.45) is 1.05. The van der Waals surface area contributed by atoms with Crippen molar-refractivity contribution in [3.05, 3.63) is 35.9 Å². The van der Waals surface area contributed by atoms with E-state index in [4.69, 9.17) is 0 Å². The molecule has 1 aliphatic rings. The number of rotatable bonds is 3. The van der Waals surface area contributed by atoms with Crippen molar-refractivity contribution in [2.45, 2.75) is 38.8 Å². The number of likely N-dealkylation sites (tertiary alicyclic amines) is 1. The monoisotopic (exact) mass is 274 g/mol. The maximum absolute atomic E-state index is 12.4.